The van der Waals surface area contributed by atoms with Gasteiger partial charge in [0.2, 0.25) is 12.3 Å². The lowest BCUT2D eigenvalue weighted by Gasteiger charge is -2.32. The van der Waals surface area contributed by atoms with E-state index in [0.29, 0.717) is 12.8 Å². The Bertz CT molecular complexity index is 960. The van der Waals surface area contributed by atoms with E-state index in [1.807, 2.05) is 30.3 Å². The lowest BCUT2D eigenvalue weighted by molar-refractivity contribution is -0.178. The Balaban J connectivity index is 2.23. The van der Waals surface area contributed by atoms with Gasteiger partial charge in [0.1, 0.15) is 6.04 Å². The van der Waals surface area contributed by atoms with Crippen LogP contribution >= 0.6 is 11.3 Å². The van der Waals surface area contributed by atoms with Crippen LogP contribution in [0.4, 0.5) is 18.3 Å². The number of carbonyl (C=O) groups excluding carboxylic acids is 3. The molecule has 2 aromatic rings. The number of nitrogens with one attached hydrogen (secondary N) is 2. The van der Waals surface area contributed by atoms with Gasteiger partial charge >= 0.3 is 6.18 Å². The highest BCUT2D eigenvalue weighted by Gasteiger charge is 2.38. The largest absolute Gasteiger partial charge is 0.391 e. The molecule has 0 fully saturated rings. The molecular weight excluding hydrogens is 501 g/mol. The summed E-state index contributed by atoms with van der Waals surface area (Å²) in [4.78, 5) is 41.0. The number of benzene rings is 1. The second-order valence-electron chi connectivity index (χ2n) is 8.24. The number of nitrogens with zero attached hydrogens (tertiary/aromatic N) is 2. The monoisotopic (exact) mass is 530 g/mol. The zero-order chi connectivity index (χ0) is 26.7. The lowest BCUT2D eigenvalue weighted by atomic mass is 9.88. The number of halogens is 3. The van der Waals surface area contributed by atoms with E-state index < -0.39 is 54.9 Å². The fraction of sp³-hybridized carbons (Fsp3) is 0.478. The maximum absolute atomic E-state index is 13.2. The van der Waals surface area contributed by atoms with E-state index >= 15 is 0 Å². The van der Waals surface area contributed by atoms with E-state index in [9.17, 15) is 37.9 Å². The number of anilines is 1. The van der Waals surface area contributed by atoms with E-state index in [2.05, 4.69) is 15.6 Å². The number of hydroxylamine groups is 2. The summed E-state index contributed by atoms with van der Waals surface area (Å²) in [6.45, 7) is 1.27. The van der Waals surface area contributed by atoms with Crippen LogP contribution in [0.3, 0.4) is 0 Å². The highest BCUT2D eigenvalue weighted by atomic mass is 32.1. The first kappa shape index (κ1) is 29.2. The van der Waals surface area contributed by atoms with Crippen LogP contribution < -0.4 is 10.6 Å². The summed E-state index contributed by atoms with van der Waals surface area (Å²) in [6, 6.07) is 6.22. The number of aromatic nitrogens is 1. The number of amides is 3. The first-order valence-corrected chi connectivity index (χ1v) is 12.1. The molecule has 9 nitrogen and oxygen atoms in total. The fourth-order valence-corrected chi connectivity index (χ4v) is 4.24. The van der Waals surface area contributed by atoms with Crippen molar-refractivity contribution in [2.24, 2.45) is 5.92 Å². The molecule has 0 saturated heterocycles. The standard InChI is InChI=1S/C23H29F3N4O5S/c1-15(32)19(21(34)29-22-27-12-13-36-22)28-20(33)17(9-5-8-16-6-3-2-4-7-16)18(30(35)14-31)10-11-23(24,25)26/h2-4,6-7,12-15,17-19,32,35H,5,8-11H2,1H3,(H,28,33)(H,27,29,34)/t15-,17-,18+,19+/m1/s1. The number of aliphatic hydroxyl groups excluding tert-OH is 1. The van der Waals surface area contributed by atoms with Crippen molar-refractivity contribution in [3.8, 4) is 0 Å². The van der Waals surface area contributed by atoms with Gasteiger partial charge < -0.3 is 15.7 Å². The Morgan fingerprint density at radius 1 is 1.19 bits per heavy atom. The van der Waals surface area contributed by atoms with Crippen LogP contribution in [0.1, 0.15) is 38.2 Å². The fourth-order valence-electron chi connectivity index (χ4n) is 3.71. The molecular formula is C23H29F3N4O5S. The molecule has 1 heterocycles. The second kappa shape index (κ2) is 13.9. The third-order valence-corrected chi connectivity index (χ3v) is 6.21. The van der Waals surface area contributed by atoms with Crippen molar-refractivity contribution in [2.45, 2.75) is 63.4 Å². The van der Waals surface area contributed by atoms with Gasteiger partial charge in [0.15, 0.2) is 5.13 Å². The van der Waals surface area contributed by atoms with Gasteiger partial charge in [-0.2, -0.15) is 13.2 Å². The molecule has 0 unspecified atom stereocenters. The average molecular weight is 531 g/mol. The van der Waals surface area contributed by atoms with E-state index in [1.54, 1.807) is 5.38 Å². The van der Waals surface area contributed by atoms with E-state index in [-0.39, 0.29) is 23.0 Å². The van der Waals surface area contributed by atoms with Crippen molar-refractivity contribution in [3.05, 3.63) is 47.5 Å². The molecule has 3 amide bonds. The minimum Gasteiger partial charge on any atom is -0.391 e. The van der Waals surface area contributed by atoms with Crippen LogP contribution in [-0.4, -0.2) is 62.9 Å². The van der Waals surface area contributed by atoms with Gasteiger partial charge in [0, 0.05) is 18.0 Å². The Hall–Kier alpha value is -3.03. The molecule has 0 spiro atoms. The Labute approximate surface area is 210 Å². The minimum atomic E-state index is -4.58. The summed E-state index contributed by atoms with van der Waals surface area (Å²) < 4.78 is 38.8. The van der Waals surface area contributed by atoms with Gasteiger partial charge in [-0.1, -0.05) is 30.3 Å². The van der Waals surface area contributed by atoms with Gasteiger partial charge in [0.05, 0.1) is 18.1 Å². The predicted octanol–water partition coefficient (Wildman–Crippen LogP) is 3.15. The third kappa shape index (κ3) is 9.55. The zero-order valence-electron chi connectivity index (χ0n) is 19.5. The molecule has 0 aliphatic carbocycles. The van der Waals surface area contributed by atoms with Crippen molar-refractivity contribution in [3.63, 3.8) is 0 Å². The van der Waals surface area contributed by atoms with Crippen molar-refractivity contribution in [2.75, 3.05) is 5.32 Å². The number of hydrogen-bond donors (Lipinski definition) is 4. The summed E-state index contributed by atoms with van der Waals surface area (Å²) in [6.07, 6.45) is -5.77. The molecule has 4 atom stereocenters. The molecule has 0 aliphatic rings. The number of aryl methyl sites for hydroxylation is 1. The van der Waals surface area contributed by atoms with Crippen molar-refractivity contribution in [1.29, 1.82) is 0 Å². The summed E-state index contributed by atoms with van der Waals surface area (Å²) in [5, 5.41) is 26.9. The van der Waals surface area contributed by atoms with Crippen LogP contribution in [0.15, 0.2) is 41.9 Å². The van der Waals surface area contributed by atoms with Gasteiger partial charge in [-0.15, -0.1) is 11.3 Å². The van der Waals surface area contributed by atoms with Crippen LogP contribution in [0.25, 0.3) is 0 Å². The van der Waals surface area contributed by atoms with Gasteiger partial charge in [-0.25, -0.2) is 10.0 Å². The molecule has 4 N–H and O–H groups in total. The predicted molar refractivity (Wildman–Crippen MR) is 126 cm³/mol. The lowest BCUT2D eigenvalue weighted by Crippen LogP contribution is -2.54. The number of carbonyl (C=O) groups is 3. The average Bonchev–Trinajstić information content (AvgIpc) is 3.33. The summed E-state index contributed by atoms with van der Waals surface area (Å²) in [5.41, 5.74) is 0.935. The number of hydrogen-bond acceptors (Lipinski definition) is 7. The maximum atomic E-state index is 13.2. The topological polar surface area (TPSA) is 132 Å². The highest BCUT2D eigenvalue weighted by Crippen LogP contribution is 2.28. The molecule has 0 saturated carbocycles. The minimum absolute atomic E-state index is 0.00871. The number of thiazole rings is 1. The smallest absolute Gasteiger partial charge is 0.389 e. The molecule has 2 rings (SSSR count). The highest BCUT2D eigenvalue weighted by molar-refractivity contribution is 7.13. The molecule has 13 heteroatoms. The number of alkyl halides is 3. The first-order valence-electron chi connectivity index (χ1n) is 11.2. The molecule has 0 bridgehead atoms. The number of rotatable bonds is 14. The maximum Gasteiger partial charge on any atom is 0.389 e. The Kier molecular flexibility index (Phi) is 11.3. The summed E-state index contributed by atoms with van der Waals surface area (Å²) in [5.74, 6) is -2.95. The SMILES string of the molecule is C[C@@H](O)[C@H](NC(=O)[C@H](CCCc1ccccc1)[C@H](CCC(F)(F)F)N(O)C=O)C(=O)Nc1nccs1. The molecule has 1 aromatic carbocycles. The number of aliphatic hydroxyl groups is 1. The summed E-state index contributed by atoms with van der Waals surface area (Å²) >= 11 is 1.11. The quantitative estimate of drug-likeness (QED) is 0.169. The van der Waals surface area contributed by atoms with Gasteiger partial charge in [-0.3, -0.25) is 19.6 Å². The molecule has 198 valence electrons. The van der Waals surface area contributed by atoms with E-state index in [1.165, 1.54) is 13.1 Å². The van der Waals surface area contributed by atoms with E-state index in [0.717, 1.165) is 16.9 Å². The van der Waals surface area contributed by atoms with Crippen LogP contribution in [0, 0.1) is 5.92 Å². The van der Waals surface area contributed by atoms with Gasteiger partial charge in [-0.05, 0) is 38.2 Å². The van der Waals surface area contributed by atoms with E-state index in [4.69, 9.17) is 0 Å². The molecule has 0 radical (unpaired) electrons. The molecule has 0 aliphatic heterocycles. The normalized spacial score (nSPS) is 14.8. The second-order valence-corrected chi connectivity index (χ2v) is 9.14. The summed E-state index contributed by atoms with van der Waals surface area (Å²) in [7, 11) is 0. The van der Waals surface area contributed by atoms with Crippen LogP contribution in [0.5, 0.6) is 0 Å². The van der Waals surface area contributed by atoms with Crippen molar-refractivity contribution < 1.29 is 37.9 Å². The zero-order valence-corrected chi connectivity index (χ0v) is 20.3. The first-order chi connectivity index (χ1) is 17.0. The van der Waals surface area contributed by atoms with Crippen LogP contribution in [-0.2, 0) is 20.8 Å². The van der Waals surface area contributed by atoms with Crippen molar-refractivity contribution in [1.82, 2.24) is 15.4 Å². The van der Waals surface area contributed by atoms with Crippen molar-refractivity contribution >= 4 is 34.7 Å². The third-order valence-electron chi connectivity index (χ3n) is 5.52. The molecule has 1 aromatic heterocycles. The van der Waals surface area contributed by atoms with Gasteiger partial charge in [0.25, 0.3) is 5.91 Å². The van der Waals surface area contributed by atoms with Crippen LogP contribution in [0.2, 0.25) is 0 Å². The molecule has 36 heavy (non-hydrogen) atoms. The Morgan fingerprint density at radius 2 is 1.89 bits per heavy atom. The Morgan fingerprint density at radius 3 is 2.44 bits per heavy atom.